The molecule has 0 aliphatic heterocycles. The average molecular weight is 444 g/mol. The fraction of sp³-hybridized carbons (Fsp3) is 0.480. The molecule has 1 fully saturated rings. The van der Waals surface area contributed by atoms with E-state index >= 15 is 0 Å². The Morgan fingerprint density at radius 1 is 0.844 bits per heavy atom. The number of rotatable bonds is 10. The molecule has 0 saturated heterocycles. The third-order valence-corrected chi connectivity index (χ3v) is 5.89. The summed E-state index contributed by atoms with van der Waals surface area (Å²) in [6.07, 6.45) is 4.15. The molecule has 1 saturated carbocycles. The lowest BCUT2D eigenvalue weighted by Crippen LogP contribution is -2.41. The fourth-order valence-electron chi connectivity index (χ4n) is 4.20. The minimum atomic E-state index is -0.123. The van der Waals surface area contributed by atoms with Crippen LogP contribution in [0.3, 0.4) is 0 Å². The van der Waals surface area contributed by atoms with Crippen LogP contribution in [0.4, 0.5) is 0 Å². The highest BCUT2D eigenvalue weighted by Gasteiger charge is 2.29. The molecule has 32 heavy (non-hydrogen) atoms. The van der Waals surface area contributed by atoms with Gasteiger partial charge in [0.1, 0.15) is 6.61 Å². The Morgan fingerprint density at radius 2 is 1.53 bits per heavy atom. The van der Waals surface area contributed by atoms with Crippen molar-refractivity contribution >= 4 is 5.91 Å². The molecular weight excluding hydrogens is 410 g/mol. The third-order valence-electron chi connectivity index (χ3n) is 5.89. The van der Waals surface area contributed by atoms with Gasteiger partial charge in [0.25, 0.3) is 5.91 Å². The Bertz CT molecular complexity index is 900. The number of hydrogen-bond acceptors (Lipinski definition) is 6. The number of hydrogen-bond donors (Lipinski definition) is 1. The molecule has 3 rings (SSSR count). The SMILES string of the molecule is COCCOc1cc(C(=O)NC2CCCCC2c2ccc(OC)c(OC)c2)ccc1OC. The molecule has 1 amide bonds. The predicted molar refractivity (Wildman–Crippen MR) is 122 cm³/mol. The summed E-state index contributed by atoms with van der Waals surface area (Å²) in [5, 5.41) is 3.25. The van der Waals surface area contributed by atoms with Crippen molar-refractivity contribution in [1.82, 2.24) is 5.32 Å². The van der Waals surface area contributed by atoms with E-state index in [-0.39, 0.29) is 17.9 Å². The molecule has 7 nitrogen and oxygen atoms in total. The molecule has 1 N–H and O–H groups in total. The molecule has 0 spiro atoms. The van der Waals surface area contributed by atoms with Crippen molar-refractivity contribution in [2.45, 2.75) is 37.6 Å². The largest absolute Gasteiger partial charge is 0.493 e. The molecule has 0 aromatic heterocycles. The van der Waals surface area contributed by atoms with E-state index in [9.17, 15) is 4.79 Å². The van der Waals surface area contributed by atoms with E-state index in [0.717, 1.165) is 31.2 Å². The number of carbonyl (C=O) groups excluding carboxylic acids is 1. The maximum Gasteiger partial charge on any atom is 0.251 e. The Balaban J connectivity index is 1.77. The van der Waals surface area contributed by atoms with Crippen LogP contribution in [-0.4, -0.2) is 53.6 Å². The van der Waals surface area contributed by atoms with Crippen molar-refractivity contribution < 1.29 is 28.5 Å². The maximum absolute atomic E-state index is 13.1. The zero-order valence-corrected chi connectivity index (χ0v) is 19.3. The van der Waals surface area contributed by atoms with Gasteiger partial charge in [0.05, 0.1) is 27.9 Å². The second-order valence-electron chi connectivity index (χ2n) is 7.79. The first kappa shape index (κ1) is 23.7. The zero-order chi connectivity index (χ0) is 22.9. The molecule has 0 radical (unpaired) electrons. The van der Waals surface area contributed by atoms with E-state index in [4.69, 9.17) is 23.7 Å². The van der Waals surface area contributed by atoms with Gasteiger partial charge in [0.15, 0.2) is 23.0 Å². The van der Waals surface area contributed by atoms with Crippen molar-refractivity contribution in [2.75, 3.05) is 41.7 Å². The normalized spacial score (nSPS) is 18.0. The van der Waals surface area contributed by atoms with Crippen molar-refractivity contribution in [1.29, 1.82) is 0 Å². The summed E-state index contributed by atoms with van der Waals surface area (Å²) in [6.45, 7) is 0.830. The average Bonchev–Trinajstić information content (AvgIpc) is 2.84. The second-order valence-corrected chi connectivity index (χ2v) is 7.79. The minimum Gasteiger partial charge on any atom is -0.493 e. The van der Waals surface area contributed by atoms with Gasteiger partial charge in [0.2, 0.25) is 0 Å². The molecule has 2 atom stereocenters. The highest BCUT2D eigenvalue weighted by atomic mass is 16.5. The van der Waals surface area contributed by atoms with E-state index in [1.807, 2.05) is 12.1 Å². The molecule has 1 aliphatic carbocycles. The van der Waals surface area contributed by atoms with Gasteiger partial charge in [-0.3, -0.25) is 4.79 Å². The number of carbonyl (C=O) groups is 1. The monoisotopic (exact) mass is 443 g/mol. The number of nitrogens with one attached hydrogen (secondary N) is 1. The van der Waals surface area contributed by atoms with Gasteiger partial charge in [-0.05, 0) is 48.7 Å². The quantitative estimate of drug-likeness (QED) is 0.555. The van der Waals surface area contributed by atoms with Crippen molar-refractivity contribution in [2.24, 2.45) is 0 Å². The topological polar surface area (TPSA) is 75.3 Å². The fourth-order valence-corrected chi connectivity index (χ4v) is 4.20. The summed E-state index contributed by atoms with van der Waals surface area (Å²) in [7, 11) is 6.46. The van der Waals surface area contributed by atoms with Crippen molar-refractivity contribution in [3.8, 4) is 23.0 Å². The predicted octanol–water partition coefficient (Wildman–Crippen LogP) is 4.19. The van der Waals surface area contributed by atoms with Crippen LogP contribution in [0.15, 0.2) is 36.4 Å². The Kier molecular flexibility index (Phi) is 8.62. The smallest absolute Gasteiger partial charge is 0.251 e. The van der Waals surface area contributed by atoms with E-state index in [0.29, 0.717) is 41.8 Å². The standard InChI is InChI=1S/C25H33NO6/c1-28-13-14-32-24-16-18(10-12-22(24)30-3)25(27)26-20-8-6-5-7-19(20)17-9-11-21(29-2)23(15-17)31-4/h9-12,15-16,19-20H,5-8,13-14H2,1-4H3,(H,26,27). The first-order valence-electron chi connectivity index (χ1n) is 10.9. The van der Waals surface area contributed by atoms with Gasteiger partial charge in [-0.15, -0.1) is 0 Å². The molecule has 0 bridgehead atoms. The van der Waals surface area contributed by atoms with Gasteiger partial charge >= 0.3 is 0 Å². The molecule has 7 heteroatoms. The highest BCUT2D eigenvalue weighted by molar-refractivity contribution is 5.95. The van der Waals surface area contributed by atoms with Crippen LogP contribution in [0, 0.1) is 0 Å². The molecule has 174 valence electrons. The van der Waals surface area contributed by atoms with E-state index in [1.54, 1.807) is 46.6 Å². The molecule has 1 aliphatic rings. The van der Waals surface area contributed by atoms with Gasteiger partial charge in [-0.25, -0.2) is 0 Å². The zero-order valence-electron chi connectivity index (χ0n) is 19.3. The number of amides is 1. The lowest BCUT2D eigenvalue weighted by Gasteiger charge is -2.33. The Hall–Kier alpha value is -2.93. The number of ether oxygens (including phenoxy) is 5. The van der Waals surface area contributed by atoms with Crippen molar-refractivity contribution in [3.05, 3.63) is 47.5 Å². The highest BCUT2D eigenvalue weighted by Crippen LogP contribution is 2.38. The van der Waals surface area contributed by atoms with Gasteiger partial charge in [-0.1, -0.05) is 18.9 Å². The summed E-state index contributed by atoms with van der Waals surface area (Å²) in [4.78, 5) is 13.1. The van der Waals surface area contributed by atoms with Crippen LogP contribution in [-0.2, 0) is 4.74 Å². The summed E-state index contributed by atoms with van der Waals surface area (Å²) < 4.78 is 27.0. The van der Waals surface area contributed by atoms with Crippen LogP contribution < -0.4 is 24.3 Å². The van der Waals surface area contributed by atoms with Crippen LogP contribution in [0.1, 0.15) is 47.5 Å². The van der Waals surface area contributed by atoms with Crippen LogP contribution >= 0.6 is 0 Å². The maximum atomic E-state index is 13.1. The van der Waals surface area contributed by atoms with Crippen molar-refractivity contribution in [3.63, 3.8) is 0 Å². The molecule has 2 unspecified atom stereocenters. The Labute approximate surface area is 190 Å². The van der Waals surface area contributed by atoms with E-state index in [2.05, 4.69) is 11.4 Å². The third kappa shape index (κ3) is 5.65. The molecule has 2 aromatic carbocycles. The summed E-state index contributed by atoms with van der Waals surface area (Å²) in [5.74, 6) is 2.60. The minimum absolute atomic E-state index is 0.0364. The number of methoxy groups -OCH3 is 4. The molecule has 2 aromatic rings. The molecular formula is C25H33NO6. The lowest BCUT2D eigenvalue weighted by atomic mass is 9.79. The summed E-state index contributed by atoms with van der Waals surface area (Å²) in [6, 6.07) is 11.3. The number of benzene rings is 2. The first-order chi connectivity index (χ1) is 15.6. The second kappa shape index (κ2) is 11.6. The lowest BCUT2D eigenvalue weighted by molar-refractivity contribution is 0.0920. The van der Waals surface area contributed by atoms with E-state index in [1.165, 1.54) is 0 Å². The summed E-state index contributed by atoms with van der Waals surface area (Å²) >= 11 is 0. The Morgan fingerprint density at radius 3 is 2.25 bits per heavy atom. The van der Waals surface area contributed by atoms with Gasteiger partial charge < -0.3 is 29.0 Å². The van der Waals surface area contributed by atoms with Crippen LogP contribution in [0.25, 0.3) is 0 Å². The molecule has 0 heterocycles. The van der Waals surface area contributed by atoms with E-state index < -0.39 is 0 Å². The first-order valence-corrected chi connectivity index (χ1v) is 10.9. The van der Waals surface area contributed by atoms with Crippen LogP contribution in [0.5, 0.6) is 23.0 Å². The van der Waals surface area contributed by atoms with Crippen LogP contribution in [0.2, 0.25) is 0 Å². The van der Waals surface area contributed by atoms with Gasteiger partial charge in [-0.2, -0.15) is 0 Å². The van der Waals surface area contributed by atoms with Gasteiger partial charge in [0, 0.05) is 24.6 Å². The summed E-state index contributed by atoms with van der Waals surface area (Å²) in [5.41, 5.74) is 1.68.